The zero-order chi connectivity index (χ0) is 0. The molecule has 0 saturated heterocycles. The van der Waals surface area contributed by atoms with Gasteiger partial charge in [0, 0.05) is 18.4 Å². The SMILES string of the molecule is [C].[Mo+6].[N-3].[N-3].[Si]. The van der Waals surface area contributed by atoms with Crippen molar-refractivity contribution in [3.63, 3.8) is 0 Å². The second-order valence-electron chi connectivity index (χ2n) is 0. The molecule has 0 aromatic carbocycles. The molecule has 0 aliphatic heterocycles. The molecule has 0 aliphatic carbocycles. The van der Waals surface area contributed by atoms with Gasteiger partial charge in [0.1, 0.15) is 0 Å². The molecule has 0 N–H and O–H groups in total. The second kappa shape index (κ2) is 104. The predicted molar refractivity (Wildman–Crippen MR) is 15.7 cm³/mol. The molecule has 2 nitrogen and oxygen atoms in total. The summed E-state index contributed by atoms with van der Waals surface area (Å²) in [4.78, 5) is 0. The van der Waals surface area contributed by atoms with Crippen LogP contribution >= 0.6 is 0 Å². The Morgan fingerprint density at radius 3 is 0.800 bits per heavy atom. The Morgan fingerprint density at radius 1 is 0.800 bits per heavy atom. The predicted octanol–water partition coefficient (Wildman–Crippen LogP) is 0.275. The summed E-state index contributed by atoms with van der Waals surface area (Å²) in [5, 5.41) is 0. The van der Waals surface area contributed by atoms with Crippen LogP contribution in [0.25, 0.3) is 12.3 Å². The molecule has 0 rings (SSSR count). The van der Waals surface area contributed by atoms with E-state index >= 15 is 0 Å². The quantitative estimate of drug-likeness (QED) is 0.461. The zero-order valence-electron chi connectivity index (χ0n) is 2.30. The first-order valence-electron chi connectivity index (χ1n) is 0. The molecule has 0 aliphatic rings. The Kier molecular flexibility index (Phi) is 4130. The Morgan fingerprint density at radius 2 is 0.800 bits per heavy atom. The summed E-state index contributed by atoms with van der Waals surface area (Å²) >= 11 is 0. The molecule has 24 valence electrons. The van der Waals surface area contributed by atoms with Crippen LogP contribution in [0.5, 0.6) is 0 Å². The van der Waals surface area contributed by atoms with Crippen LogP contribution in [0.2, 0.25) is 0 Å². The Hall–Kier alpha value is 0.825. The van der Waals surface area contributed by atoms with Gasteiger partial charge in [-0.2, -0.15) is 0 Å². The fourth-order valence-corrected chi connectivity index (χ4v) is 0. The molecule has 0 fully saturated rings. The van der Waals surface area contributed by atoms with Crippen molar-refractivity contribution in [3.05, 3.63) is 19.7 Å². The minimum atomic E-state index is 0. The molecule has 0 spiro atoms. The van der Waals surface area contributed by atoms with Crippen LogP contribution in [0.4, 0.5) is 0 Å². The van der Waals surface area contributed by atoms with Gasteiger partial charge in [0.25, 0.3) is 0 Å². The topological polar surface area (TPSA) is 61.0 Å². The van der Waals surface area contributed by atoms with Crippen molar-refractivity contribution in [1.29, 1.82) is 0 Å². The summed E-state index contributed by atoms with van der Waals surface area (Å²) in [6, 6.07) is 0. The second-order valence-corrected chi connectivity index (χ2v) is 0. The molecule has 5 heavy (non-hydrogen) atoms. The number of rotatable bonds is 0. The Bertz CT molecular complexity index is 9.61. The van der Waals surface area contributed by atoms with E-state index in [1.54, 1.807) is 0 Å². The summed E-state index contributed by atoms with van der Waals surface area (Å²) in [5.41, 5.74) is 0. The van der Waals surface area contributed by atoms with E-state index in [1.807, 2.05) is 0 Å². The van der Waals surface area contributed by atoms with Crippen LogP contribution in [0.1, 0.15) is 0 Å². The van der Waals surface area contributed by atoms with Crippen molar-refractivity contribution in [2.75, 3.05) is 0 Å². The molecule has 0 saturated carbocycles. The summed E-state index contributed by atoms with van der Waals surface area (Å²) in [6.07, 6.45) is 0. The number of hydrogen-bond donors (Lipinski definition) is 0. The fourth-order valence-electron chi connectivity index (χ4n) is 0. The van der Waals surface area contributed by atoms with Crippen molar-refractivity contribution in [3.8, 4) is 0 Å². The van der Waals surface area contributed by atoms with Crippen molar-refractivity contribution >= 4 is 11.0 Å². The summed E-state index contributed by atoms with van der Waals surface area (Å²) in [5.74, 6) is 0. The van der Waals surface area contributed by atoms with Gasteiger partial charge >= 0.3 is 21.1 Å². The van der Waals surface area contributed by atoms with Crippen molar-refractivity contribution in [2.45, 2.75) is 0 Å². The smallest absolute Gasteiger partial charge is 3.00 e. The van der Waals surface area contributed by atoms with Crippen LogP contribution in [0, 0.1) is 7.43 Å². The standard InChI is InChI=1S/C.Mo.2N.Si/q;+6;2*-3;. The van der Waals surface area contributed by atoms with Gasteiger partial charge in [-0.3, -0.25) is 0 Å². The van der Waals surface area contributed by atoms with E-state index in [0.717, 1.165) is 0 Å². The molecular formula is CMoN2Si. The Labute approximate surface area is 52.2 Å². The maximum Gasteiger partial charge on any atom is 6.00 e. The van der Waals surface area contributed by atoms with Crippen LogP contribution < -0.4 is 0 Å². The van der Waals surface area contributed by atoms with E-state index in [1.165, 1.54) is 0 Å². The third-order valence-electron chi connectivity index (χ3n) is 0. The average molecular weight is 164 g/mol. The van der Waals surface area contributed by atoms with Gasteiger partial charge in [0.05, 0.1) is 0 Å². The minimum absolute atomic E-state index is 0. The van der Waals surface area contributed by atoms with Gasteiger partial charge in [-0.15, -0.1) is 0 Å². The van der Waals surface area contributed by atoms with Gasteiger partial charge in [0.2, 0.25) is 0 Å². The van der Waals surface area contributed by atoms with E-state index in [0.29, 0.717) is 0 Å². The summed E-state index contributed by atoms with van der Waals surface area (Å²) in [6.45, 7) is 0. The van der Waals surface area contributed by atoms with E-state index in [-0.39, 0.29) is 51.8 Å². The Balaban J connectivity index is 0. The van der Waals surface area contributed by atoms with Gasteiger partial charge in [-0.05, 0) is 0 Å². The van der Waals surface area contributed by atoms with Gasteiger partial charge in [-0.25, -0.2) is 0 Å². The van der Waals surface area contributed by atoms with Gasteiger partial charge in [-0.1, -0.05) is 0 Å². The first kappa shape index (κ1) is 199. The monoisotopic (exact) mass is 166 g/mol. The largest absolute Gasteiger partial charge is 6.00 e. The average Bonchev–Trinajstić information content (AvgIpc) is 0. The van der Waals surface area contributed by atoms with Gasteiger partial charge < -0.3 is 12.3 Å². The first-order chi connectivity index (χ1) is 0. The van der Waals surface area contributed by atoms with E-state index in [4.69, 9.17) is 0 Å². The summed E-state index contributed by atoms with van der Waals surface area (Å²) in [7, 11) is 0. The van der Waals surface area contributed by atoms with Crippen LogP contribution in [0.15, 0.2) is 0 Å². The molecule has 0 aromatic rings. The summed E-state index contributed by atoms with van der Waals surface area (Å²) < 4.78 is 0. The molecule has 0 atom stereocenters. The van der Waals surface area contributed by atoms with E-state index in [2.05, 4.69) is 0 Å². The molecule has 0 unspecified atom stereocenters. The number of nitrogens with zero attached hydrogens (tertiary/aromatic N) is 2. The van der Waals surface area contributed by atoms with Crippen molar-refractivity contribution in [2.24, 2.45) is 0 Å². The molecular weight excluding hydrogens is 164 g/mol. The minimum Gasteiger partial charge on any atom is -3.00 e. The normalized spacial score (nSPS) is 0. The van der Waals surface area contributed by atoms with Crippen LogP contribution in [0.3, 0.4) is 0 Å². The third kappa shape index (κ3) is 56.6. The molecule has 0 bridgehead atoms. The molecule has 8 radical (unpaired) electrons. The first-order valence-corrected chi connectivity index (χ1v) is 0. The molecule has 4 heteroatoms. The van der Waals surface area contributed by atoms with Crippen LogP contribution in [-0.2, 0) is 21.1 Å². The molecule has 0 aromatic heterocycles. The molecule has 0 heterocycles. The van der Waals surface area contributed by atoms with Crippen LogP contribution in [-0.4, -0.2) is 11.0 Å². The zero-order valence-corrected chi connectivity index (χ0v) is 5.31. The van der Waals surface area contributed by atoms with Crippen molar-refractivity contribution in [1.82, 2.24) is 0 Å². The number of hydrogen-bond acceptors (Lipinski definition) is 0. The van der Waals surface area contributed by atoms with E-state index < -0.39 is 0 Å². The maximum atomic E-state index is 0. The van der Waals surface area contributed by atoms with Gasteiger partial charge in [0.15, 0.2) is 0 Å². The van der Waals surface area contributed by atoms with Crippen molar-refractivity contribution < 1.29 is 21.1 Å². The van der Waals surface area contributed by atoms with E-state index in [9.17, 15) is 0 Å². The maximum absolute atomic E-state index is 0. The fraction of sp³-hybridized carbons (Fsp3) is 0. The third-order valence-corrected chi connectivity index (χ3v) is 0. The molecule has 0 amide bonds.